The third-order valence-corrected chi connectivity index (χ3v) is 4.08. The molecule has 16 heavy (non-hydrogen) atoms. The fourth-order valence-corrected chi connectivity index (χ4v) is 3.05. The minimum absolute atomic E-state index is 0.548. The van der Waals surface area contributed by atoms with Crippen LogP contribution in [0.2, 0.25) is 0 Å². The van der Waals surface area contributed by atoms with Crippen LogP contribution in [0.5, 0.6) is 0 Å². The Bertz CT molecular complexity index is 220. The Morgan fingerprint density at radius 3 is 2.31 bits per heavy atom. The molecule has 0 bridgehead atoms. The molecule has 1 fully saturated rings. The average molecular weight is 223 g/mol. The molecule has 0 amide bonds. The first-order valence-corrected chi connectivity index (χ1v) is 7.03. The second-order valence-electron chi connectivity index (χ2n) is 5.60. The zero-order valence-electron chi connectivity index (χ0n) is 11.6. The summed E-state index contributed by atoms with van der Waals surface area (Å²) in [6.45, 7) is 10.2. The summed E-state index contributed by atoms with van der Waals surface area (Å²) in [5.74, 6) is 0. The van der Waals surface area contributed by atoms with E-state index in [4.69, 9.17) is 0 Å². The van der Waals surface area contributed by atoms with Crippen LogP contribution in [0, 0.1) is 5.41 Å². The van der Waals surface area contributed by atoms with Crippen LogP contribution < -0.4 is 5.32 Å². The molecule has 0 heterocycles. The first kappa shape index (κ1) is 13.8. The summed E-state index contributed by atoms with van der Waals surface area (Å²) < 4.78 is 0. The molecule has 0 spiro atoms. The van der Waals surface area contributed by atoms with Gasteiger partial charge in [-0.2, -0.15) is 0 Å². The van der Waals surface area contributed by atoms with Crippen LogP contribution in [0.4, 0.5) is 0 Å². The lowest BCUT2D eigenvalue weighted by molar-refractivity contribution is 0.218. The highest BCUT2D eigenvalue weighted by Gasteiger charge is 2.38. The number of hydrogen-bond donors (Lipinski definition) is 1. The van der Waals surface area contributed by atoms with Crippen LogP contribution in [-0.4, -0.2) is 12.6 Å². The maximum Gasteiger partial charge on any atom is 0.0309 e. The zero-order valence-corrected chi connectivity index (χ0v) is 11.6. The predicted molar refractivity (Wildman–Crippen MR) is 72.7 cm³/mol. The molecule has 1 aliphatic carbocycles. The third kappa shape index (κ3) is 3.35. The first-order chi connectivity index (χ1) is 7.64. The normalized spacial score (nSPS) is 20.8. The van der Waals surface area contributed by atoms with Crippen LogP contribution in [0.1, 0.15) is 66.2 Å². The molecular weight excluding hydrogens is 194 g/mol. The number of allylic oxidation sites excluding steroid dienone is 1. The lowest BCUT2D eigenvalue weighted by Gasteiger charge is -2.36. The quantitative estimate of drug-likeness (QED) is 0.662. The average Bonchev–Trinajstić information content (AvgIpc) is 2.73. The monoisotopic (exact) mass is 223 g/mol. The van der Waals surface area contributed by atoms with Crippen LogP contribution >= 0.6 is 0 Å². The van der Waals surface area contributed by atoms with E-state index in [2.05, 4.69) is 39.1 Å². The van der Waals surface area contributed by atoms with Crippen molar-refractivity contribution in [3.8, 4) is 0 Å². The summed E-state index contributed by atoms with van der Waals surface area (Å²) in [4.78, 5) is 0. The molecule has 0 aliphatic heterocycles. The second kappa shape index (κ2) is 6.44. The van der Waals surface area contributed by atoms with E-state index < -0.39 is 0 Å². The largest absolute Gasteiger partial charge is 0.310 e. The molecule has 94 valence electrons. The van der Waals surface area contributed by atoms with Crippen molar-refractivity contribution in [1.82, 2.24) is 5.32 Å². The SMILES string of the molecule is CCCNC(C=C(C)C)C1(CC)CCCC1. The van der Waals surface area contributed by atoms with E-state index in [1.807, 2.05) is 0 Å². The van der Waals surface area contributed by atoms with Crippen LogP contribution in [0.3, 0.4) is 0 Å². The van der Waals surface area contributed by atoms with Gasteiger partial charge in [-0.3, -0.25) is 0 Å². The molecule has 0 aromatic heterocycles. The van der Waals surface area contributed by atoms with Gasteiger partial charge in [0.15, 0.2) is 0 Å². The molecule has 0 aromatic rings. The van der Waals surface area contributed by atoms with Gasteiger partial charge in [-0.05, 0) is 51.5 Å². The molecule has 1 atom stereocenters. The summed E-state index contributed by atoms with van der Waals surface area (Å²) in [6.07, 6.45) is 10.7. The van der Waals surface area contributed by atoms with Gasteiger partial charge in [0.1, 0.15) is 0 Å². The topological polar surface area (TPSA) is 12.0 Å². The van der Waals surface area contributed by atoms with Gasteiger partial charge in [0.2, 0.25) is 0 Å². The minimum Gasteiger partial charge on any atom is -0.310 e. The summed E-state index contributed by atoms with van der Waals surface area (Å²) in [5.41, 5.74) is 2.00. The standard InChI is InChI=1S/C15H29N/c1-5-11-16-14(12-13(3)4)15(6-2)9-7-8-10-15/h12,14,16H,5-11H2,1-4H3. The molecule has 1 saturated carbocycles. The molecule has 1 aliphatic rings. The molecule has 1 N–H and O–H groups in total. The van der Waals surface area contributed by atoms with E-state index in [1.54, 1.807) is 0 Å². The smallest absolute Gasteiger partial charge is 0.0309 e. The van der Waals surface area contributed by atoms with Crippen molar-refractivity contribution < 1.29 is 0 Å². The summed E-state index contributed by atoms with van der Waals surface area (Å²) in [7, 11) is 0. The molecule has 1 nitrogen and oxygen atoms in total. The molecule has 1 rings (SSSR count). The number of nitrogens with one attached hydrogen (secondary N) is 1. The maximum absolute atomic E-state index is 3.76. The van der Waals surface area contributed by atoms with Crippen molar-refractivity contribution in [1.29, 1.82) is 0 Å². The Hall–Kier alpha value is -0.300. The van der Waals surface area contributed by atoms with Gasteiger partial charge in [-0.25, -0.2) is 0 Å². The first-order valence-electron chi connectivity index (χ1n) is 7.03. The van der Waals surface area contributed by atoms with Crippen molar-refractivity contribution in [2.24, 2.45) is 5.41 Å². The fraction of sp³-hybridized carbons (Fsp3) is 0.867. The highest BCUT2D eigenvalue weighted by atomic mass is 14.9. The lowest BCUT2D eigenvalue weighted by atomic mass is 9.75. The number of hydrogen-bond acceptors (Lipinski definition) is 1. The molecule has 0 aromatic carbocycles. The maximum atomic E-state index is 3.76. The zero-order chi connectivity index (χ0) is 12.0. The lowest BCUT2D eigenvalue weighted by Crippen LogP contribution is -2.42. The molecular formula is C15H29N. The Kier molecular flexibility index (Phi) is 5.54. The van der Waals surface area contributed by atoms with E-state index >= 15 is 0 Å². The van der Waals surface area contributed by atoms with Crippen molar-refractivity contribution in [2.45, 2.75) is 72.3 Å². The van der Waals surface area contributed by atoms with Crippen LogP contribution in [0.25, 0.3) is 0 Å². The second-order valence-corrected chi connectivity index (χ2v) is 5.60. The van der Waals surface area contributed by atoms with Crippen molar-refractivity contribution in [2.75, 3.05) is 6.54 Å². The highest BCUT2D eigenvalue weighted by molar-refractivity contribution is 5.09. The Balaban J connectivity index is 2.76. The van der Waals surface area contributed by atoms with E-state index in [0.717, 1.165) is 6.54 Å². The third-order valence-electron chi connectivity index (χ3n) is 4.08. The Labute approximate surface area is 102 Å². The van der Waals surface area contributed by atoms with Gasteiger partial charge in [0, 0.05) is 6.04 Å². The fourth-order valence-electron chi connectivity index (χ4n) is 3.05. The highest BCUT2D eigenvalue weighted by Crippen LogP contribution is 2.44. The molecule has 1 heteroatoms. The Morgan fingerprint density at radius 1 is 1.25 bits per heavy atom. The van der Waals surface area contributed by atoms with Crippen LogP contribution in [-0.2, 0) is 0 Å². The predicted octanol–water partition coefficient (Wildman–Crippen LogP) is 4.29. The van der Waals surface area contributed by atoms with Gasteiger partial charge >= 0.3 is 0 Å². The molecule has 0 radical (unpaired) electrons. The number of rotatable bonds is 6. The van der Waals surface area contributed by atoms with E-state index in [9.17, 15) is 0 Å². The van der Waals surface area contributed by atoms with Gasteiger partial charge < -0.3 is 5.32 Å². The summed E-state index contributed by atoms with van der Waals surface area (Å²) in [5, 5.41) is 3.76. The van der Waals surface area contributed by atoms with E-state index in [1.165, 1.54) is 44.1 Å². The molecule has 0 saturated heterocycles. The van der Waals surface area contributed by atoms with Crippen molar-refractivity contribution >= 4 is 0 Å². The van der Waals surface area contributed by atoms with Crippen LogP contribution in [0.15, 0.2) is 11.6 Å². The van der Waals surface area contributed by atoms with Crippen molar-refractivity contribution in [3.05, 3.63) is 11.6 Å². The van der Waals surface area contributed by atoms with Crippen molar-refractivity contribution in [3.63, 3.8) is 0 Å². The van der Waals surface area contributed by atoms with Gasteiger partial charge in [-0.15, -0.1) is 0 Å². The molecule has 1 unspecified atom stereocenters. The van der Waals surface area contributed by atoms with Gasteiger partial charge in [0.05, 0.1) is 0 Å². The van der Waals surface area contributed by atoms with E-state index in [0.29, 0.717) is 11.5 Å². The summed E-state index contributed by atoms with van der Waals surface area (Å²) >= 11 is 0. The minimum atomic E-state index is 0.548. The Morgan fingerprint density at radius 2 is 1.88 bits per heavy atom. The van der Waals surface area contributed by atoms with Gasteiger partial charge in [0.25, 0.3) is 0 Å². The summed E-state index contributed by atoms with van der Waals surface area (Å²) in [6, 6.07) is 0.602. The van der Waals surface area contributed by atoms with Gasteiger partial charge in [-0.1, -0.05) is 38.3 Å². The van der Waals surface area contributed by atoms with E-state index in [-0.39, 0.29) is 0 Å².